The van der Waals surface area contributed by atoms with Crippen LogP contribution in [0.4, 0.5) is 13.2 Å². The van der Waals surface area contributed by atoms with E-state index in [1.807, 2.05) is 20.8 Å². The van der Waals surface area contributed by atoms with Crippen LogP contribution in [0.15, 0.2) is 0 Å². The number of aliphatic hydroxyl groups excluding tert-OH is 1. The Morgan fingerprint density at radius 3 is 2.17 bits per heavy atom. The lowest BCUT2D eigenvalue weighted by Gasteiger charge is -2.33. The zero-order valence-electron chi connectivity index (χ0n) is 11.5. The third kappa shape index (κ3) is 8.72. The van der Waals surface area contributed by atoms with E-state index in [-0.39, 0.29) is 25.4 Å². The first-order valence-electron chi connectivity index (χ1n) is 6.15. The molecule has 0 rings (SSSR count). The second-order valence-electron chi connectivity index (χ2n) is 5.27. The Kier molecular flexibility index (Phi) is 7.17. The van der Waals surface area contributed by atoms with E-state index in [1.165, 1.54) is 0 Å². The van der Waals surface area contributed by atoms with Crippen LogP contribution in [0.3, 0.4) is 0 Å². The summed E-state index contributed by atoms with van der Waals surface area (Å²) in [5.41, 5.74) is -0.536. The van der Waals surface area contributed by atoms with Gasteiger partial charge in [-0.25, -0.2) is 0 Å². The number of nitrogens with one attached hydrogen (secondary N) is 1. The van der Waals surface area contributed by atoms with E-state index in [9.17, 15) is 18.3 Å². The van der Waals surface area contributed by atoms with Crippen molar-refractivity contribution in [2.45, 2.75) is 64.4 Å². The Morgan fingerprint density at radius 2 is 1.78 bits per heavy atom. The zero-order chi connectivity index (χ0) is 14.4. The molecule has 0 bridgehead atoms. The van der Waals surface area contributed by atoms with Crippen LogP contribution >= 0.6 is 0 Å². The molecule has 0 aromatic carbocycles. The molecule has 2 unspecified atom stereocenters. The van der Waals surface area contributed by atoms with Crippen LogP contribution in [0.1, 0.15) is 40.5 Å². The summed E-state index contributed by atoms with van der Waals surface area (Å²) in [6, 6.07) is 0.185. The number of aliphatic hydroxyl groups is 1. The third-order valence-corrected chi connectivity index (χ3v) is 2.51. The summed E-state index contributed by atoms with van der Waals surface area (Å²) in [7, 11) is 0. The highest BCUT2D eigenvalue weighted by molar-refractivity contribution is 4.86. The zero-order valence-corrected chi connectivity index (χ0v) is 11.5. The number of rotatable bonds is 8. The third-order valence-electron chi connectivity index (χ3n) is 2.51. The number of ether oxygens (including phenoxy) is 1. The van der Waals surface area contributed by atoms with E-state index in [0.29, 0.717) is 6.42 Å². The van der Waals surface area contributed by atoms with Crippen LogP contribution in [0, 0.1) is 0 Å². The second-order valence-corrected chi connectivity index (χ2v) is 5.27. The molecular formula is C12H24F3NO2. The summed E-state index contributed by atoms with van der Waals surface area (Å²) in [6.45, 7) is 7.01. The fraction of sp³-hybridized carbons (Fsp3) is 1.00. The van der Waals surface area contributed by atoms with Gasteiger partial charge in [-0.3, -0.25) is 0 Å². The standard InChI is InChI=1S/C12H24F3NO2/c1-9(2)16-11(4,8-17)7-10(3)18-6-5-12(13,14)15/h9-10,16-17H,5-8H2,1-4H3. The molecule has 2 N–H and O–H groups in total. The average Bonchev–Trinajstić information content (AvgIpc) is 2.13. The molecule has 0 fully saturated rings. The van der Waals surface area contributed by atoms with E-state index < -0.39 is 18.1 Å². The fourth-order valence-electron chi connectivity index (χ4n) is 1.94. The molecule has 2 atom stereocenters. The number of hydrogen-bond acceptors (Lipinski definition) is 3. The SMILES string of the molecule is CC(C)NC(C)(CO)CC(C)OCCC(F)(F)F. The Hall–Kier alpha value is -0.330. The van der Waals surface area contributed by atoms with Gasteiger partial charge in [-0.2, -0.15) is 13.2 Å². The highest BCUT2D eigenvalue weighted by Gasteiger charge is 2.29. The first-order valence-corrected chi connectivity index (χ1v) is 6.15. The lowest BCUT2D eigenvalue weighted by Crippen LogP contribution is -2.51. The molecule has 0 aliphatic heterocycles. The van der Waals surface area contributed by atoms with Crippen LogP contribution in [0.5, 0.6) is 0 Å². The van der Waals surface area contributed by atoms with E-state index >= 15 is 0 Å². The van der Waals surface area contributed by atoms with E-state index in [1.54, 1.807) is 6.92 Å². The van der Waals surface area contributed by atoms with Crippen molar-refractivity contribution in [3.05, 3.63) is 0 Å². The minimum absolute atomic E-state index is 0.0852. The Morgan fingerprint density at radius 1 is 1.22 bits per heavy atom. The Bertz CT molecular complexity index is 234. The van der Waals surface area contributed by atoms with Gasteiger partial charge in [-0.15, -0.1) is 0 Å². The van der Waals surface area contributed by atoms with Crippen molar-refractivity contribution in [2.24, 2.45) is 0 Å². The molecule has 0 saturated heterocycles. The summed E-state index contributed by atoms with van der Waals surface area (Å²) >= 11 is 0. The molecule has 0 radical (unpaired) electrons. The predicted octanol–water partition coefficient (Wildman–Crippen LogP) is 2.48. The summed E-state index contributed by atoms with van der Waals surface area (Å²) in [5, 5.41) is 12.5. The van der Waals surface area contributed by atoms with Crippen LogP contribution < -0.4 is 5.32 Å². The Labute approximate surface area is 107 Å². The maximum absolute atomic E-state index is 11.9. The van der Waals surface area contributed by atoms with Crippen LogP contribution in [-0.2, 0) is 4.74 Å². The van der Waals surface area contributed by atoms with E-state index in [4.69, 9.17) is 4.74 Å². The van der Waals surface area contributed by atoms with Crippen molar-refractivity contribution >= 4 is 0 Å². The average molecular weight is 271 g/mol. The summed E-state index contributed by atoms with van der Waals surface area (Å²) in [4.78, 5) is 0. The number of alkyl halides is 3. The van der Waals surface area contributed by atoms with Crippen molar-refractivity contribution < 1.29 is 23.0 Å². The van der Waals surface area contributed by atoms with Gasteiger partial charge in [0.2, 0.25) is 0 Å². The predicted molar refractivity (Wildman–Crippen MR) is 64.5 cm³/mol. The summed E-state index contributed by atoms with van der Waals surface area (Å²) in [5.74, 6) is 0. The first kappa shape index (κ1) is 17.7. The lowest BCUT2D eigenvalue weighted by molar-refractivity contribution is -0.149. The van der Waals surface area contributed by atoms with Crippen molar-refractivity contribution in [3.63, 3.8) is 0 Å². The number of hydrogen-bond donors (Lipinski definition) is 2. The molecule has 0 aliphatic carbocycles. The van der Waals surface area contributed by atoms with Gasteiger partial charge in [0.25, 0.3) is 0 Å². The highest BCUT2D eigenvalue weighted by Crippen LogP contribution is 2.21. The van der Waals surface area contributed by atoms with Gasteiger partial charge in [0.05, 0.1) is 25.7 Å². The molecule has 0 aromatic rings. The van der Waals surface area contributed by atoms with Crippen molar-refractivity contribution in [2.75, 3.05) is 13.2 Å². The van der Waals surface area contributed by atoms with Crippen molar-refractivity contribution in [3.8, 4) is 0 Å². The van der Waals surface area contributed by atoms with Gasteiger partial charge in [-0.05, 0) is 20.3 Å². The fourth-order valence-corrected chi connectivity index (χ4v) is 1.94. The van der Waals surface area contributed by atoms with Gasteiger partial charge in [0.1, 0.15) is 0 Å². The van der Waals surface area contributed by atoms with Gasteiger partial charge >= 0.3 is 6.18 Å². The van der Waals surface area contributed by atoms with Gasteiger partial charge < -0.3 is 15.2 Å². The molecule has 0 aromatic heterocycles. The maximum Gasteiger partial charge on any atom is 0.391 e. The topological polar surface area (TPSA) is 41.5 Å². The van der Waals surface area contributed by atoms with Crippen molar-refractivity contribution in [1.29, 1.82) is 0 Å². The molecule has 0 aliphatic rings. The molecule has 3 nitrogen and oxygen atoms in total. The molecular weight excluding hydrogens is 247 g/mol. The van der Waals surface area contributed by atoms with E-state index in [0.717, 1.165) is 0 Å². The maximum atomic E-state index is 11.9. The quantitative estimate of drug-likeness (QED) is 0.712. The second kappa shape index (κ2) is 7.31. The smallest absolute Gasteiger partial charge is 0.391 e. The van der Waals surface area contributed by atoms with E-state index in [2.05, 4.69) is 5.32 Å². The summed E-state index contributed by atoms with van der Waals surface area (Å²) < 4.78 is 41.0. The van der Waals surface area contributed by atoms with Crippen LogP contribution in [-0.4, -0.2) is 42.2 Å². The molecule has 0 spiro atoms. The van der Waals surface area contributed by atoms with Gasteiger partial charge in [-0.1, -0.05) is 13.8 Å². The van der Waals surface area contributed by atoms with Crippen LogP contribution in [0.2, 0.25) is 0 Å². The normalized spacial score (nSPS) is 17.8. The molecule has 0 amide bonds. The molecule has 18 heavy (non-hydrogen) atoms. The first-order chi connectivity index (χ1) is 8.08. The number of halogens is 3. The van der Waals surface area contributed by atoms with Gasteiger partial charge in [0, 0.05) is 11.6 Å². The summed E-state index contributed by atoms with van der Waals surface area (Å²) in [6.07, 6.45) is -5.00. The molecule has 0 saturated carbocycles. The van der Waals surface area contributed by atoms with Crippen LogP contribution in [0.25, 0.3) is 0 Å². The minimum Gasteiger partial charge on any atom is -0.394 e. The monoisotopic (exact) mass is 271 g/mol. The molecule has 6 heteroatoms. The molecule has 110 valence electrons. The van der Waals surface area contributed by atoms with Crippen molar-refractivity contribution in [1.82, 2.24) is 5.32 Å². The minimum atomic E-state index is -4.18. The largest absolute Gasteiger partial charge is 0.394 e. The van der Waals surface area contributed by atoms with Gasteiger partial charge in [0.15, 0.2) is 0 Å². The molecule has 0 heterocycles. The Balaban J connectivity index is 4.07. The lowest BCUT2D eigenvalue weighted by atomic mass is 9.95. The highest BCUT2D eigenvalue weighted by atomic mass is 19.4.